The second kappa shape index (κ2) is 5.41. The molecule has 1 aromatic carbocycles. The number of nitrogens with one attached hydrogen (secondary N) is 1. The summed E-state index contributed by atoms with van der Waals surface area (Å²) in [7, 11) is 0. The fourth-order valence-corrected chi connectivity index (χ4v) is 4.04. The molecule has 102 valence electrons. The second-order valence-corrected chi connectivity index (χ2v) is 7.80. The van der Waals surface area contributed by atoms with Gasteiger partial charge in [0.1, 0.15) is 0 Å². The lowest BCUT2D eigenvalue weighted by Gasteiger charge is -2.33. The fourth-order valence-electron chi connectivity index (χ4n) is 2.85. The lowest BCUT2D eigenvalue weighted by atomic mass is 9.76. The van der Waals surface area contributed by atoms with Crippen molar-refractivity contribution >= 4 is 42.6 Å². The fraction of sp³-hybridized carbons (Fsp3) is 0.533. The molecule has 1 N–H and O–H groups in total. The van der Waals surface area contributed by atoms with E-state index in [0.717, 1.165) is 21.7 Å². The molecular formula is C15H19BrN2S. The van der Waals surface area contributed by atoms with Crippen molar-refractivity contribution in [3.63, 3.8) is 0 Å². The average Bonchev–Trinajstić information content (AvgIpc) is 2.79. The van der Waals surface area contributed by atoms with Crippen LogP contribution in [0.5, 0.6) is 0 Å². The van der Waals surface area contributed by atoms with Crippen LogP contribution >= 0.6 is 27.3 Å². The summed E-state index contributed by atoms with van der Waals surface area (Å²) in [5.74, 6) is 0. The number of hydrogen-bond donors (Lipinski definition) is 1. The van der Waals surface area contributed by atoms with E-state index in [4.69, 9.17) is 0 Å². The van der Waals surface area contributed by atoms with Gasteiger partial charge in [-0.25, -0.2) is 4.98 Å². The zero-order valence-electron chi connectivity index (χ0n) is 11.2. The third-order valence-corrected chi connectivity index (χ3v) is 5.56. The van der Waals surface area contributed by atoms with Gasteiger partial charge in [-0.2, -0.15) is 0 Å². The van der Waals surface area contributed by atoms with Crippen molar-refractivity contribution in [2.45, 2.75) is 39.0 Å². The number of thiazole rings is 1. The van der Waals surface area contributed by atoms with E-state index >= 15 is 0 Å². The second-order valence-electron chi connectivity index (χ2n) is 5.86. The average molecular weight is 339 g/mol. The van der Waals surface area contributed by atoms with Gasteiger partial charge in [-0.15, -0.1) is 0 Å². The SMILES string of the molecule is CC1(CNc2nc3cc(Br)ccc3s2)CCCCC1. The molecule has 0 aliphatic heterocycles. The minimum atomic E-state index is 0.455. The molecule has 0 amide bonds. The summed E-state index contributed by atoms with van der Waals surface area (Å²) in [6.07, 6.45) is 6.85. The van der Waals surface area contributed by atoms with Crippen LogP contribution in [0.1, 0.15) is 39.0 Å². The third-order valence-electron chi connectivity index (χ3n) is 4.08. The largest absolute Gasteiger partial charge is 0.361 e. The maximum Gasteiger partial charge on any atom is 0.183 e. The Kier molecular flexibility index (Phi) is 3.81. The van der Waals surface area contributed by atoms with Crippen LogP contribution in [-0.4, -0.2) is 11.5 Å². The van der Waals surface area contributed by atoms with Crippen LogP contribution in [0.25, 0.3) is 10.2 Å². The Hall–Kier alpha value is -0.610. The highest BCUT2D eigenvalue weighted by atomic mass is 79.9. The highest BCUT2D eigenvalue weighted by molar-refractivity contribution is 9.10. The number of hydrogen-bond acceptors (Lipinski definition) is 3. The monoisotopic (exact) mass is 338 g/mol. The first-order chi connectivity index (χ1) is 9.15. The molecule has 0 unspecified atom stereocenters. The van der Waals surface area contributed by atoms with Crippen molar-refractivity contribution in [2.75, 3.05) is 11.9 Å². The summed E-state index contributed by atoms with van der Waals surface area (Å²) < 4.78 is 2.34. The maximum atomic E-state index is 4.67. The summed E-state index contributed by atoms with van der Waals surface area (Å²) in [6, 6.07) is 6.29. The smallest absolute Gasteiger partial charge is 0.183 e. The molecule has 1 aliphatic rings. The van der Waals surface area contributed by atoms with Crippen molar-refractivity contribution in [3.8, 4) is 0 Å². The predicted octanol–water partition coefficient (Wildman–Crippen LogP) is 5.44. The van der Waals surface area contributed by atoms with Crippen molar-refractivity contribution in [3.05, 3.63) is 22.7 Å². The molecule has 0 radical (unpaired) electrons. The summed E-state index contributed by atoms with van der Waals surface area (Å²) in [5, 5.41) is 4.61. The van der Waals surface area contributed by atoms with Crippen LogP contribution in [-0.2, 0) is 0 Å². The van der Waals surface area contributed by atoms with E-state index in [9.17, 15) is 0 Å². The molecule has 19 heavy (non-hydrogen) atoms. The molecule has 0 saturated heterocycles. The number of fused-ring (bicyclic) bond motifs is 1. The normalized spacial score (nSPS) is 18.6. The third kappa shape index (κ3) is 3.11. The van der Waals surface area contributed by atoms with E-state index in [0.29, 0.717) is 5.41 Å². The van der Waals surface area contributed by atoms with Gasteiger partial charge >= 0.3 is 0 Å². The van der Waals surface area contributed by atoms with Crippen molar-refractivity contribution < 1.29 is 0 Å². The van der Waals surface area contributed by atoms with Crippen LogP contribution in [0.15, 0.2) is 22.7 Å². The molecule has 2 nitrogen and oxygen atoms in total. The van der Waals surface area contributed by atoms with Crippen molar-refractivity contribution in [1.82, 2.24) is 4.98 Å². The Morgan fingerprint density at radius 3 is 2.89 bits per heavy atom. The molecule has 0 atom stereocenters. The van der Waals surface area contributed by atoms with Gasteiger partial charge in [-0.3, -0.25) is 0 Å². The number of aromatic nitrogens is 1. The van der Waals surface area contributed by atoms with Crippen LogP contribution in [0.3, 0.4) is 0 Å². The Bertz CT molecular complexity index is 573. The minimum absolute atomic E-state index is 0.455. The van der Waals surface area contributed by atoms with Crippen molar-refractivity contribution in [1.29, 1.82) is 0 Å². The minimum Gasteiger partial charge on any atom is -0.361 e. The molecule has 0 spiro atoms. The molecule has 1 heterocycles. The molecule has 1 saturated carbocycles. The summed E-state index contributed by atoms with van der Waals surface area (Å²) in [4.78, 5) is 4.67. The molecule has 1 aromatic heterocycles. The predicted molar refractivity (Wildman–Crippen MR) is 87.0 cm³/mol. The number of halogens is 1. The Balaban J connectivity index is 1.71. The lowest BCUT2D eigenvalue weighted by molar-refractivity contribution is 0.233. The van der Waals surface area contributed by atoms with Crippen LogP contribution < -0.4 is 5.32 Å². The summed E-state index contributed by atoms with van der Waals surface area (Å²) >= 11 is 5.25. The zero-order chi connectivity index (χ0) is 13.3. The first kappa shape index (κ1) is 13.4. The van der Waals surface area contributed by atoms with Gasteiger partial charge in [0, 0.05) is 11.0 Å². The van der Waals surface area contributed by atoms with Gasteiger partial charge in [0.05, 0.1) is 10.2 Å². The van der Waals surface area contributed by atoms with E-state index in [2.05, 4.69) is 51.4 Å². The maximum absolute atomic E-state index is 4.67. The van der Waals surface area contributed by atoms with Gasteiger partial charge in [0.15, 0.2) is 5.13 Å². The van der Waals surface area contributed by atoms with E-state index < -0.39 is 0 Å². The first-order valence-electron chi connectivity index (χ1n) is 6.95. The van der Waals surface area contributed by atoms with Crippen LogP contribution in [0, 0.1) is 5.41 Å². The van der Waals surface area contributed by atoms with Crippen LogP contribution in [0.4, 0.5) is 5.13 Å². The zero-order valence-corrected chi connectivity index (χ0v) is 13.6. The summed E-state index contributed by atoms with van der Waals surface area (Å²) in [5.41, 5.74) is 1.53. The van der Waals surface area contributed by atoms with E-state index in [1.807, 2.05) is 0 Å². The lowest BCUT2D eigenvalue weighted by Crippen LogP contribution is -2.28. The molecular weight excluding hydrogens is 320 g/mol. The molecule has 1 fully saturated rings. The highest BCUT2D eigenvalue weighted by Gasteiger charge is 2.26. The first-order valence-corrected chi connectivity index (χ1v) is 8.56. The number of nitrogens with zero attached hydrogens (tertiary/aromatic N) is 1. The van der Waals surface area contributed by atoms with Gasteiger partial charge in [0.2, 0.25) is 0 Å². The topological polar surface area (TPSA) is 24.9 Å². The van der Waals surface area contributed by atoms with E-state index in [-0.39, 0.29) is 0 Å². The highest BCUT2D eigenvalue weighted by Crippen LogP contribution is 2.36. The molecule has 4 heteroatoms. The summed E-state index contributed by atoms with van der Waals surface area (Å²) in [6.45, 7) is 3.46. The van der Waals surface area contributed by atoms with Gasteiger partial charge < -0.3 is 5.32 Å². The molecule has 2 aromatic rings. The number of anilines is 1. The van der Waals surface area contributed by atoms with Crippen LogP contribution in [0.2, 0.25) is 0 Å². The van der Waals surface area contributed by atoms with Gasteiger partial charge in [-0.05, 0) is 36.5 Å². The van der Waals surface area contributed by atoms with Gasteiger partial charge in [-0.1, -0.05) is 53.5 Å². The Morgan fingerprint density at radius 1 is 1.32 bits per heavy atom. The molecule has 1 aliphatic carbocycles. The van der Waals surface area contributed by atoms with E-state index in [1.165, 1.54) is 36.8 Å². The standard InChI is InChI=1S/C15H19BrN2S/c1-15(7-3-2-4-8-15)10-17-14-18-12-9-11(16)5-6-13(12)19-14/h5-6,9H,2-4,7-8,10H2,1H3,(H,17,18). The number of rotatable bonds is 3. The quantitative estimate of drug-likeness (QED) is 0.805. The van der Waals surface area contributed by atoms with Crippen molar-refractivity contribution in [2.24, 2.45) is 5.41 Å². The van der Waals surface area contributed by atoms with Gasteiger partial charge in [0.25, 0.3) is 0 Å². The van der Waals surface area contributed by atoms with E-state index in [1.54, 1.807) is 11.3 Å². The number of benzene rings is 1. The molecule has 0 bridgehead atoms. The Morgan fingerprint density at radius 2 is 2.11 bits per heavy atom. The molecule has 3 rings (SSSR count). The Labute approximate surface area is 126 Å².